The second kappa shape index (κ2) is 7.52. The first kappa shape index (κ1) is 24.6. The predicted octanol–water partition coefficient (Wildman–Crippen LogP) is 7.89. The van der Waals surface area contributed by atoms with E-state index in [1.807, 2.05) is 12.4 Å². The van der Waals surface area contributed by atoms with Gasteiger partial charge in [0.2, 0.25) is 22.7 Å². The van der Waals surface area contributed by atoms with Crippen molar-refractivity contribution in [1.82, 2.24) is 18.8 Å². The molecule has 9 aromatic rings. The lowest BCUT2D eigenvalue weighted by Crippen LogP contribution is -2.84. The Morgan fingerprint density at radius 2 is 1.42 bits per heavy atom. The molecule has 4 aliphatic heterocycles. The van der Waals surface area contributed by atoms with Gasteiger partial charge < -0.3 is 4.74 Å². The summed E-state index contributed by atoms with van der Waals surface area (Å²) in [6, 6.07) is 42.9. The summed E-state index contributed by atoms with van der Waals surface area (Å²) in [5.41, 5.74) is 16.5. The van der Waals surface area contributed by atoms with Crippen LogP contribution in [0.15, 0.2) is 134 Å². The van der Waals surface area contributed by atoms with Crippen molar-refractivity contribution in [2.45, 2.75) is 5.41 Å². The first-order valence-electron chi connectivity index (χ1n) is 17.2. The Balaban J connectivity index is 1.32. The fraction of sp³-hybridized carbons (Fsp3) is 0.0465. The third kappa shape index (κ3) is 2.15. The van der Waals surface area contributed by atoms with Crippen LogP contribution in [0.3, 0.4) is 0 Å². The molecule has 50 heavy (non-hydrogen) atoms. The van der Waals surface area contributed by atoms with Crippen LogP contribution in [0, 0.1) is 0 Å². The highest BCUT2D eigenvalue weighted by molar-refractivity contribution is 6.12. The van der Waals surface area contributed by atoms with Crippen molar-refractivity contribution >= 4 is 44.3 Å². The summed E-state index contributed by atoms with van der Waals surface area (Å²) in [7, 11) is 2.17. The highest BCUT2D eigenvalue weighted by Crippen LogP contribution is 2.66. The number of aryl methyl sites for hydroxylation is 1. The van der Waals surface area contributed by atoms with Crippen molar-refractivity contribution in [3.63, 3.8) is 0 Å². The second-order valence-corrected chi connectivity index (χ2v) is 14.2. The van der Waals surface area contributed by atoms with Crippen LogP contribution >= 0.6 is 0 Å². The van der Waals surface area contributed by atoms with Gasteiger partial charge >= 0.3 is 17.2 Å². The van der Waals surface area contributed by atoms with E-state index in [2.05, 4.69) is 147 Å². The molecule has 8 heterocycles. The Bertz CT molecular complexity index is 3120. The molecule has 230 valence electrons. The van der Waals surface area contributed by atoms with Gasteiger partial charge in [0.1, 0.15) is 5.52 Å². The number of fused-ring (bicyclic) bond motifs is 12. The summed E-state index contributed by atoms with van der Waals surface area (Å²) in [6.07, 6.45) is 6.18. The summed E-state index contributed by atoms with van der Waals surface area (Å²) in [5.74, 6) is 2.72. The summed E-state index contributed by atoms with van der Waals surface area (Å²) >= 11 is 0. The van der Waals surface area contributed by atoms with Gasteiger partial charge in [0.25, 0.3) is 5.69 Å². The molecule has 0 amide bonds. The zero-order valence-corrected chi connectivity index (χ0v) is 26.8. The molecule has 0 bridgehead atoms. The lowest BCUT2D eigenvalue weighted by molar-refractivity contribution is -1.01. The van der Waals surface area contributed by atoms with E-state index in [0.29, 0.717) is 4.70 Å². The van der Waals surface area contributed by atoms with E-state index in [-0.39, 0.29) is 0 Å². The van der Waals surface area contributed by atoms with Gasteiger partial charge in [0.05, 0.1) is 28.7 Å². The van der Waals surface area contributed by atoms with E-state index in [1.54, 1.807) is 0 Å². The Morgan fingerprint density at radius 3 is 2.28 bits per heavy atom. The van der Waals surface area contributed by atoms with E-state index in [9.17, 15) is 0 Å². The van der Waals surface area contributed by atoms with Gasteiger partial charge in [-0.05, 0) is 69.4 Å². The molecule has 0 N–H and O–H groups in total. The number of imidazole rings is 1. The molecular formula is C43H25N6O+3. The average Bonchev–Trinajstić information content (AvgIpc) is 3.86. The van der Waals surface area contributed by atoms with Crippen molar-refractivity contribution in [1.29, 1.82) is 0 Å². The molecule has 5 aliphatic rings. The fourth-order valence-corrected chi connectivity index (χ4v) is 10.8. The molecule has 0 saturated carbocycles. The maximum absolute atomic E-state index is 7.00. The zero-order chi connectivity index (χ0) is 32.2. The number of pyridine rings is 2. The van der Waals surface area contributed by atoms with Crippen LogP contribution < -0.4 is 18.8 Å². The number of quaternary nitrogens is 1. The first-order chi connectivity index (χ1) is 24.8. The zero-order valence-electron chi connectivity index (χ0n) is 26.8. The molecule has 0 fully saturated rings. The lowest BCUT2D eigenvalue weighted by Gasteiger charge is -2.40. The topological polar surface area (TPSA) is 39.7 Å². The van der Waals surface area contributed by atoms with Gasteiger partial charge in [-0.25, -0.2) is 4.57 Å². The van der Waals surface area contributed by atoms with Gasteiger partial charge in [-0.1, -0.05) is 72.8 Å². The van der Waals surface area contributed by atoms with Crippen LogP contribution in [0.4, 0.5) is 11.4 Å². The maximum atomic E-state index is 7.00. The van der Waals surface area contributed by atoms with Crippen molar-refractivity contribution in [3.8, 4) is 39.7 Å². The minimum atomic E-state index is -0.527. The van der Waals surface area contributed by atoms with Crippen LogP contribution in [0.5, 0.6) is 11.5 Å². The Morgan fingerprint density at radius 1 is 0.660 bits per heavy atom. The van der Waals surface area contributed by atoms with Gasteiger partial charge in [-0.3, -0.25) is 4.98 Å². The quantitative estimate of drug-likeness (QED) is 0.125. The predicted molar refractivity (Wildman–Crippen MR) is 191 cm³/mol. The molecule has 7 heteroatoms. The molecule has 5 aromatic carbocycles. The molecule has 1 aliphatic carbocycles. The molecule has 1 atom stereocenters. The molecule has 4 aromatic heterocycles. The molecule has 0 saturated heterocycles. The minimum absolute atomic E-state index is 0.310. The van der Waals surface area contributed by atoms with Crippen LogP contribution in [-0.4, -0.2) is 14.1 Å². The summed E-state index contributed by atoms with van der Waals surface area (Å²) < 4.78 is 17.2. The van der Waals surface area contributed by atoms with Gasteiger partial charge in [-0.15, -0.1) is 0 Å². The monoisotopic (exact) mass is 641 g/mol. The maximum Gasteiger partial charge on any atom is 0.353 e. The van der Waals surface area contributed by atoms with Gasteiger partial charge in [0.15, 0.2) is 17.3 Å². The van der Waals surface area contributed by atoms with Gasteiger partial charge in [0, 0.05) is 27.4 Å². The number of rotatable bonds is 0. The number of para-hydroxylation sites is 3. The van der Waals surface area contributed by atoms with E-state index in [1.165, 1.54) is 66.5 Å². The molecule has 2 spiro atoms. The van der Waals surface area contributed by atoms with Crippen molar-refractivity contribution in [2.24, 2.45) is 7.05 Å². The summed E-state index contributed by atoms with van der Waals surface area (Å²) in [6.45, 7) is 0. The molecule has 14 rings (SSSR count). The smallest absolute Gasteiger partial charge is 0.353 e. The number of nitrogens with zero attached hydrogens (tertiary/aromatic N) is 6. The average molecular weight is 642 g/mol. The number of ether oxygens (including phenoxy) is 1. The normalized spacial score (nSPS) is 18.1. The van der Waals surface area contributed by atoms with E-state index in [0.717, 1.165) is 39.8 Å². The highest BCUT2D eigenvalue weighted by atomic mass is 16.5. The Kier molecular flexibility index (Phi) is 3.69. The van der Waals surface area contributed by atoms with Crippen molar-refractivity contribution < 1.29 is 14.1 Å². The lowest BCUT2D eigenvalue weighted by atomic mass is 9.65. The fourth-order valence-electron chi connectivity index (χ4n) is 10.8. The van der Waals surface area contributed by atoms with Gasteiger partial charge in [-0.2, -0.15) is 4.57 Å². The standard InChI is InChI=1S/C43H25N6O/c1-45-33-17-6-7-18-34(33)48-41(45)28-22-44-23-36-39(28)49(48)40-35(50-36)20-19-32-38(40)47-37-26(27-13-9-21-46(49)42(27)47)12-8-16-31(37)43(32)29-14-4-2-10-24(29)25-11-3-5-15-30(25)43/h2-23H,1H3/q+3. The molecular weight excluding hydrogens is 617 g/mol. The Hall–Kier alpha value is -6.57. The SMILES string of the molecule is Cn1c2[n+](c3ccccc31)[N+]13c4c(cncc4-2)Oc2ccc4c(c21)-n1c2c(cccc2c2ccc[n+]3c21)C41c2ccccc2-c2ccccc21. The number of hydrogen-bond acceptors (Lipinski definition) is 2. The molecule has 7 nitrogen and oxygen atoms in total. The van der Waals surface area contributed by atoms with Crippen LogP contribution in [0.2, 0.25) is 0 Å². The van der Waals surface area contributed by atoms with E-state index < -0.39 is 5.41 Å². The van der Waals surface area contributed by atoms with Crippen LogP contribution in [0.1, 0.15) is 22.3 Å². The minimum Gasteiger partial charge on any atom is -0.442 e. The first-order valence-corrected chi connectivity index (χ1v) is 17.2. The molecule has 0 radical (unpaired) electrons. The molecule has 1 unspecified atom stereocenters. The number of benzene rings is 5. The summed E-state index contributed by atoms with van der Waals surface area (Å²) in [5, 5.41) is 2.49. The third-order valence-electron chi connectivity index (χ3n) is 12.4. The number of hydrogen-bond donors (Lipinski definition) is 0. The van der Waals surface area contributed by atoms with Crippen molar-refractivity contribution in [3.05, 3.63) is 156 Å². The largest absolute Gasteiger partial charge is 0.442 e. The van der Waals surface area contributed by atoms with E-state index >= 15 is 0 Å². The Labute approximate surface area is 284 Å². The summed E-state index contributed by atoms with van der Waals surface area (Å²) in [4.78, 5) is 4.77. The van der Waals surface area contributed by atoms with Crippen LogP contribution in [0.25, 0.3) is 61.2 Å². The number of aromatic nitrogens is 5. The van der Waals surface area contributed by atoms with E-state index in [4.69, 9.17) is 9.72 Å². The third-order valence-corrected chi connectivity index (χ3v) is 12.4. The van der Waals surface area contributed by atoms with Crippen molar-refractivity contribution in [2.75, 3.05) is 0 Å². The second-order valence-electron chi connectivity index (χ2n) is 14.2. The van der Waals surface area contributed by atoms with Crippen LogP contribution in [-0.2, 0) is 12.5 Å². The highest BCUT2D eigenvalue weighted by Gasteiger charge is 2.71.